The first-order valence-corrected chi connectivity index (χ1v) is 5.62. The smallest absolute Gasteiger partial charge is 0.434 e. The summed E-state index contributed by atoms with van der Waals surface area (Å²) >= 11 is 0. The fraction of sp³-hybridized carbons (Fsp3) is 0.444. The highest BCUT2D eigenvalue weighted by molar-refractivity contribution is 5.59. The van der Waals surface area contributed by atoms with Gasteiger partial charge >= 0.3 is 6.16 Å². The van der Waals surface area contributed by atoms with Gasteiger partial charge < -0.3 is 9.47 Å². The van der Waals surface area contributed by atoms with Crippen molar-refractivity contribution in [3.63, 3.8) is 0 Å². The second-order valence-corrected chi connectivity index (χ2v) is 3.37. The largest absolute Gasteiger partial charge is 0.508 e. The van der Waals surface area contributed by atoms with Crippen LogP contribution in [-0.2, 0) is 22.3 Å². The van der Waals surface area contributed by atoms with Crippen molar-refractivity contribution in [3.05, 3.63) is 24.3 Å². The summed E-state index contributed by atoms with van der Waals surface area (Å²) in [5.41, 5.74) is 0. The first-order valence-electron chi connectivity index (χ1n) is 5.62. The number of ether oxygens (including phenoxy) is 2. The van der Waals surface area contributed by atoms with Crippen molar-refractivity contribution >= 4 is 6.16 Å². The van der Waals surface area contributed by atoms with Crippen molar-refractivity contribution < 1.29 is 14.3 Å². The highest BCUT2D eigenvalue weighted by Gasteiger charge is 2.06. The molecule has 0 atom stereocenters. The summed E-state index contributed by atoms with van der Waals surface area (Å²) in [6.07, 6.45) is 2.26. The van der Waals surface area contributed by atoms with Gasteiger partial charge in [-0.3, -0.25) is 0 Å². The Balaban J connectivity index is 1.59. The zero-order valence-corrected chi connectivity index (χ0v) is 10.3. The fourth-order valence-electron chi connectivity index (χ4n) is 1.15. The van der Waals surface area contributed by atoms with E-state index in [2.05, 4.69) is 40.8 Å². The molecular formula is C9H10N8O3. The summed E-state index contributed by atoms with van der Waals surface area (Å²) < 4.78 is 9.63. The van der Waals surface area contributed by atoms with Gasteiger partial charge in [0.25, 0.3) is 0 Å². The van der Waals surface area contributed by atoms with Crippen molar-refractivity contribution in [2.45, 2.75) is 12.8 Å². The van der Waals surface area contributed by atoms with Gasteiger partial charge in [-0.2, -0.15) is 0 Å². The lowest BCUT2D eigenvalue weighted by molar-refractivity contribution is 0.0561. The predicted octanol–water partition coefficient (Wildman–Crippen LogP) is -1.21. The third kappa shape index (κ3) is 4.80. The van der Waals surface area contributed by atoms with Crippen molar-refractivity contribution in [3.8, 4) is 0 Å². The monoisotopic (exact) mass is 278 g/mol. The second kappa shape index (κ2) is 7.56. The number of hydrogen-bond donors (Lipinski definition) is 0. The van der Waals surface area contributed by atoms with Crippen LogP contribution in [0.1, 0.15) is 11.6 Å². The van der Waals surface area contributed by atoms with E-state index in [-0.39, 0.29) is 13.2 Å². The maximum absolute atomic E-state index is 11.2. The van der Waals surface area contributed by atoms with Gasteiger partial charge in [-0.15, -0.1) is 40.8 Å². The molecule has 2 rings (SSSR count). The molecule has 2 aromatic rings. The normalized spacial score (nSPS) is 10.0. The molecule has 11 heteroatoms. The lowest BCUT2D eigenvalue weighted by atomic mass is 10.4. The highest BCUT2D eigenvalue weighted by atomic mass is 16.7. The second-order valence-electron chi connectivity index (χ2n) is 3.37. The molecule has 0 saturated carbocycles. The summed E-state index contributed by atoms with van der Waals surface area (Å²) in [5, 5.41) is 28.9. The fourth-order valence-corrected chi connectivity index (χ4v) is 1.15. The van der Waals surface area contributed by atoms with Gasteiger partial charge in [-0.05, 0) is 0 Å². The van der Waals surface area contributed by atoms with Crippen LogP contribution in [0.3, 0.4) is 0 Å². The van der Waals surface area contributed by atoms with E-state index in [4.69, 9.17) is 9.47 Å². The molecule has 0 aliphatic carbocycles. The number of carbonyl (C=O) groups is 1. The molecule has 0 bridgehead atoms. The Morgan fingerprint density at radius 1 is 0.800 bits per heavy atom. The van der Waals surface area contributed by atoms with Crippen LogP contribution in [0.15, 0.2) is 12.7 Å². The Hall–Kier alpha value is -2.85. The summed E-state index contributed by atoms with van der Waals surface area (Å²) in [6, 6.07) is 0. The summed E-state index contributed by atoms with van der Waals surface area (Å²) in [7, 11) is 0. The van der Waals surface area contributed by atoms with Crippen molar-refractivity contribution in [2.75, 3.05) is 13.2 Å². The Morgan fingerprint density at radius 3 is 1.60 bits per heavy atom. The molecule has 0 fully saturated rings. The quantitative estimate of drug-likeness (QED) is 0.587. The molecule has 0 aliphatic rings. The number of rotatable bonds is 6. The molecule has 2 aromatic heterocycles. The zero-order chi connectivity index (χ0) is 14.0. The van der Waals surface area contributed by atoms with E-state index in [9.17, 15) is 4.79 Å². The molecular weight excluding hydrogens is 268 g/mol. The van der Waals surface area contributed by atoms with E-state index in [0.29, 0.717) is 24.5 Å². The van der Waals surface area contributed by atoms with Crippen LogP contribution in [0.4, 0.5) is 4.79 Å². The van der Waals surface area contributed by atoms with Crippen molar-refractivity contribution in [1.82, 2.24) is 40.8 Å². The van der Waals surface area contributed by atoms with E-state index >= 15 is 0 Å². The number of nitrogens with zero attached hydrogens (tertiary/aromatic N) is 8. The van der Waals surface area contributed by atoms with Gasteiger partial charge in [0.2, 0.25) is 0 Å². The summed E-state index contributed by atoms with van der Waals surface area (Å²) in [4.78, 5) is 11.2. The van der Waals surface area contributed by atoms with Gasteiger partial charge in [-0.1, -0.05) is 0 Å². The Kier molecular flexibility index (Phi) is 5.13. The molecule has 0 aliphatic heterocycles. The van der Waals surface area contributed by atoms with Crippen LogP contribution >= 0.6 is 0 Å². The average molecular weight is 278 g/mol. The van der Waals surface area contributed by atoms with E-state index in [1.54, 1.807) is 0 Å². The third-order valence-corrected chi connectivity index (χ3v) is 1.99. The lowest BCUT2D eigenvalue weighted by Crippen LogP contribution is -2.14. The molecule has 0 unspecified atom stereocenters. The third-order valence-electron chi connectivity index (χ3n) is 1.99. The number of aromatic nitrogens is 8. The first kappa shape index (κ1) is 13.6. The van der Waals surface area contributed by atoms with Crippen LogP contribution in [-0.4, -0.2) is 60.2 Å². The van der Waals surface area contributed by atoms with Gasteiger partial charge in [0.15, 0.2) is 24.3 Å². The van der Waals surface area contributed by atoms with Gasteiger partial charge in [0, 0.05) is 12.8 Å². The zero-order valence-electron chi connectivity index (χ0n) is 10.3. The molecule has 0 spiro atoms. The standard InChI is InChI=1S/C9H10N8O3/c18-9(19-3-1-7-14-10-5-11-15-7)20-4-2-8-16-12-6-13-17-8/h5-6H,1-4H2. The topological polar surface area (TPSA) is 139 Å². The Morgan fingerprint density at radius 2 is 1.20 bits per heavy atom. The van der Waals surface area contributed by atoms with Crippen LogP contribution in [0.5, 0.6) is 0 Å². The van der Waals surface area contributed by atoms with Gasteiger partial charge in [0.1, 0.15) is 13.2 Å². The van der Waals surface area contributed by atoms with Crippen LogP contribution in [0.2, 0.25) is 0 Å². The number of hydrogen-bond acceptors (Lipinski definition) is 11. The number of carbonyl (C=O) groups excluding carboxylic acids is 1. The molecule has 0 aromatic carbocycles. The van der Waals surface area contributed by atoms with Crippen LogP contribution < -0.4 is 0 Å². The molecule has 0 amide bonds. The molecule has 0 saturated heterocycles. The predicted molar refractivity (Wildman–Crippen MR) is 60.0 cm³/mol. The lowest BCUT2D eigenvalue weighted by Gasteiger charge is -2.04. The van der Waals surface area contributed by atoms with Crippen molar-refractivity contribution in [1.29, 1.82) is 0 Å². The van der Waals surface area contributed by atoms with E-state index in [0.717, 1.165) is 0 Å². The van der Waals surface area contributed by atoms with Crippen LogP contribution in [0.25, 0.3) is 0 Å². The highest BCUT2D eigenvalue weighted by Crippen LogP contribution is 1.93. The minimum Gasteiger partial charge on any atom is -0.434 e. The Bertz CT molecular complexity index is 478. The summed E-state index contributed by atoms with van der Waals surface area (Å²) in [6.45, 7) is 0.161. The Labute approximate surface area is 112 Å². The molecule has 104 valence electrons. The average Bonchev–Trinajstić information content (AvgIpc) is 2.49. The first-order chi connectivity index (χ1) is 9.84. The van der Waals surface area contributed by atoms with Gasteiger partial charge in [0.05, 0.1) is 0 Å². The van der Waals surface area contributed by atoms with Crippen LogP contribution in [0, 0.1) is 0 Å². The minimum atomic E-state index is -0.793. The van der Waals surface area contributed by atoms with E-state index in [1.165, 1.54) is 12.7 Å². The SMILES string of the molecule is O=C(OCCc1nncnn1)OCCc1nncnn1. The maximum Gasteiger partial charge on any atom is 0.508 e. The summed E-state index contributed by atoms with van der Waals surface area (Å²) in [5.74, 6) is 0.769. The molecule has 20 heavy (non-hydrogen) atoms. The van der Waals surface area contributed by atoms with Crippen molar-refractivity contribution in [2.24, 2.45) is 0 Å². The molecule has 11 nitrogen and oxygen atoms in total. The molecule has 0 N–H and O–H groups in total. The minimum absolute atomic E-state index is 0.0805. The van der Waals surface area contributed by atoms with E-state index in [1.807, 2.05) is 0 Å². The molecule has 0 radical (unpaired) electrons. The van der Waals surface area contributed by atoms with Gasteiger partial charge in [-0.25, -0.2) is 4.79 Å². The molecule has 2 heterocycles. The maximum atomic E-state index is 11.2. The van der Waals surface area contributed by atoms with E-state index < -0.39 is 6.16 Å².